The van der Waals surface area contributed by atoms with Gasteiger partial charge < -0.3 is 10.6 Å². The van der Waals surface area contributed by atoms with E-state index in [1.807, 2.05) is 11.8 Å². The maximum Gasteiger partial charge on any atom is 0.166 e. The van der Waals surface area contributed by atoms with Gasteiger partial charge in [-0.25, -0.2) is 0 Å². The van der Waals surface area contributed by atoms with E-state index in [0.717, 1.165) is 23.8 Å². The minimum Gasteiger partial charge on any atom is -0.363 e. The summed E-state index contributed by atoms with van der Waals surface area (Å²) in [6.45, 7) is 3.08. The van der Waals surface area contributed by atoms with Crippen molar-refractivity contribution in [2.75, 3.05) is 18.6 Å². The maximum atomic E-state index is 5.37. The highest BCUT2D eigenvalue weighted by Crippen LogP contribution is 2.23. The van der Waals surface area contributed by atoms with Gasteiger partial charge in [-0.1, -0.05) is 42.5 Å². The van der Waals surface area contributed by atoms with Crippen LogP contribution in [-0.4, -0.2) is 23.7 Å². The fourth-order valence-corrected chi connectivity index (χ4v) is 3.08. The van der Waals surface area contributed by atoms with E-state index >= 15 is 0 Å². The molecule has 0 aliphatic carbocycles. The normalized spacial score (nSPS) is 12.1. The van der Waals surface area contributed by atoms with Crippen molar-refractivity contribution in [1.82, 2.24) is 10.6 Å². The summed E-state index contributed by atoms with van der Waals surface area (Å²) < 4.78 is 0. The first-order chi connectivity index (χ1) is 10.2. The van der Waals surface area contributed by atoms with E-state index in [1.165, 1.54) is 16.3 Å². The monoisotopic (exact) mass is 318 g/mol. The van der Waals surface area contributed by atoms with Gasteiger partial charge in [0.2, 0.25) is 0 Å². The first-order valence-corrected chi connectivity index (χ1v) is 9.03. The number of rotatable bonds is 6. The largest absolute Gasteiger partial charge is 0.363 e. The van der Waals surface area contributed by atoms with E-state index in [4.69, 9.17) is 12.2 Å². The molecule has 0 aromatic heterocycles. The Balaban J connectivity index is 1.99. The van der Waals surface area contributed by atoms with Crippen molar-refractivity contribution in [3.05, 3.63) is 48.0 Å². The number of thiocarbonyl (C=S) groups is 1. The first-order valence-electron chi connectivity index (χ1n) is 7.23. The fraction of sp³-hybridized carbons (Fsp3) is 0.353. The lowest BCUT2D eigenvalue weighted by molar-refractivity contribution is 0.700. The molecule has 0 saturated heterocycles. The summed E-state index contributed by atoms with van der Waals surface area (Å²) in [5.41, 5.74) is 1.28. The maximum absolute atomic E-state index is 5.37. The van der Waals surface area contributed by atoms with Crippen molar-refractivity contribution in [2.45, 2.75) is 19.4 Å². The van der Waals surface area contributed by atoms with Crippen LogP contribution in [0.5, 0.6) is 0 Å². The summed E-state index contributed by atoms with van der Waals surface area (Å²) in [5.74, 6) is 1.16. The van der Waals surface area contributed by atoms with Crippen LogP contribution in [0.15, 0.2) is 42.5 Å². The molecule has 0 saturated carbocycles. The van der Waals surface area contributed by atoms with Gasteiger partial charge in [-0.2, -0.15) is 11.8 Å². The number of hydrogen-bond donors (Lipinski definition) is 2. The third kappa shape index (κ3) is 4.61. The summed E-state index contributed by atoms with van der Waals surface area (Å²) >= 11 is 7.24. The second-order valence-electron chi connectivity index (χ2n) is 5.04. The number of hydrogen-bond acceptors (Lipinski definition) is 2. The molecular weight excluding hydrogens is 296 g/mol. The van der Waals surface area contributed by atoms with E-state index < -0.39 is 0 Å². The quantitative estimate of drug-likeness (QED) is 0.618. The smallest absolute Gasteiger partial charge is 0.166 e. The topological polar surface area (TPSA) is 24.1 Å². The van der Waals surface area contributed by atoms with Crippen LogP contribution in [0.1, 0.15) is 24.9 Å². The molecule has 1 atom stereocenters. The van der Waals surface area contributed by atoms with E-state index in [0.29, 0.717) is 0 Å². The molecule has 112 valence electrons. The van der Waals surface area contributed by atoms with Gasteiger partial charge in [-0.3, -0.25) is 0 Å². The predicted molar refractivity (Wildman–Crippen MR) is 99.1 cm³/mol. The zero-order valence-electron chi connectivity index (χ0n) is 12.6. The molecule has 0 unspecified atom stereocenters. The third-order valence-corrected chi connectivity index (χ3v) is 4.41. The van der Waals surface area contributed by atoms with Crippen molar-refractivity contribution in [1.29, 1.82) is 0 Å². The molecule has 0 radical (unpaired) electrons. The van der Waals surface area contributed by atoms with Gasteiger partial charge in [0.25, 0.3) is 0 Å². The van der Waals surface area contributed by atoms with Gasteiger partial charge in [0, 0.05) is 6.54 Å². The summed E-state index contributed by atoms with van der Waals surface area (Å²) in [4.78, 5) is 0. The van der Waals surface area contributed by atoms with Crippen LogP contribution < -0.4 is 10.6 Å². The van der Waals surface area contributed by atoms with Crippen LogP contribution in [0, 0.1) is 0 Å². The lowest BCUT2D eigenvalue weighted by Crippen LogP contribution is -2.37. The van der Waals surface area contributed by atoms with Crippen LogP contribution >= 0.6 is 24.0 Å². The molecule has 0 spiro atoms. The van der Waals surface area contributed by atoms with Gasteiger partial charge >= 0.3 is 0 Å². The van der Waals surface area contributed by atoms with Crippen molar-refractivity contribution >= 4 is 39.9 Å². The number of thioether (sulfide) groups is 1. The molecule has 21 heavy (non-hydrogen) atoms. The molecule has 0 aliphatic heterocycles. The molecule has 0 bridgehead atoms. The highest BCUT2D eigenvalue weighted by molar-refractivity contribution is 7.98. The molecule has 0 aliphatic rings. The molecule has 2 nitrogen and oxygen atoms in total. The van der Waals surface area contributed by atoms with Gasteiger partial charge in [-0.15, -0.1) is 0 Å². The van der Waals surface area contributed by atoms with E-state index in [1.54, 1.807) is 0 Å². The lowest BCUT2D eigenvalue weighted by Gasteiger charge is -2.19. The Morgan fingerprint density at radius 3 is 2.76 bits per heavy atom. The molecule has 0 heterocycles. The molecule has 0 amide bonds. The molecule has 2 N–H and O–H groups in total. The zero-order chi connectivity index (χ0) is 15.1. The second kappa shape index (κ2) is 8.25. The highest BCUT2D eigenvalue weighted by Gasteiger charge is 2.09. The van der Waals surface area contributed by atoms with Gasteiger partial charge in [0.15, 0.2) is 5.11 Å². The molecule has 0 fully saturated rings. The van der Waals surface area contributed by atoms with E-state index in [-0.39, 0.29) is 6.04 Å². The van der Waals surface area contributed by atoms with Gasteiger partial charge in [-0.05, 0) is 53.9 Å². The number of nitrogens with one attached hydrogen (secondary N) is 2. The minimum atomic E-state index is 0.191. The summed E-state index contributed by atoms with van der Waals surface area (Å²) in [7, 11) is 0. The average molecular weight is 319 g/mol. The van der Waals surface area contributed by atoms with Gasteiger partial charge in [0.1, 0.15) is 0 Å². The molecule has 4 heteroatoms. The van der Waals surface area contributed by atoms with Crippen LogP contribution in [0.3, 0.4) is 0 Å². The Bertz CT molecular complexity index is 593. The Labute approximate surface area is 136 Å². The SMILES string of the molecule is CSCCCNC(=S)N[C@@H](C)c1cccc2ccccc12. The van der Waals surface area contributed by atoms with Crippen molar-refractivity contribution in [2.24, 2.45) is 0 Å². The number of benzene rings is 2. The molecule has 2 aromatic rings. The predicted octanol–water partition coefficient (Wildman–Crippen LogP) is 4.12. The van der Waals surface area contributed by atoms with Crippen LogP contribution in [0.4, 0.5) is 0 Å². The molecular formula is C17H22N2S2. The van der Waals surface area contributed by atoms with Crippen LogP contribution in [0.2, 0.25) is 0 Å². The lowest BCUT2D eigenvalue weighted by atomic mass is 10.00. The van der Waals surface area contributed by atoms with E-state index in [9.17, 15) is 0 Å². The standard InChI is InChI=1S/C17H22N2S2/c1-13(19-17(20)18-11-6-12-21-2)15-10-5-8-14-7-3-4-9-16(14)15/h3-5,7-10,13H,6,11-12H2,1-2H3,(H2,18,19,20)/t13-/m0/s1. The Morgan fingerprint density at radius 2 is 1.95 bits per heavy atom. The van der Waals surface area contributed by atoms with Crippen molar-refractivity contribution in [3.8, 4) is 0 Å². The highest BCUT2D eigenvalue weighted by atomic mass is 32.2. The minimum absolute atomic E-state index is 0.191. The molecule has 2 aromatic carbocycles. The van der Waals surface area contributed by atoms with E-state index in [2.05, 4.69) is 66.3 Å². The Kier molecular flexibility index (Phi) is 6.33. The first kappa shape index (κ1) is 16.1. The summed E-state index contributed by atoms with van der Waals surface area (Å²) in [5, 5.41) is 9.93. The average Bonchev–Trinajstić information content (AvgIpc) is 2.51. The summed E-state index contributed by atoms with van der Waals surface area (Å²) in [6.07, 6.45) is 3.25. The Morgan fingerprint density at radius 1 is 1.19 bits per heavy atom. The van der Waals surface area contributed by atoms with Crippen LogP contribution in [0.25, 0.3) is 10.8 Å². The van der Waals surface area contributed by atoms with Gasteiger partial charge in [0.05, 0.1) is 6.04 Å². The van der Waals surface area contributed by atoms with Crippen LogP contribution in [-0.2, 0) is 0 Å². The fourth-order valence-electron chi connectivity index (χ4n) is 2.37. The second-order valence-corrected chi connectivity index (χ2v) is 6.43. The summed E-state index contributed by atoms with van der Waals surface area (Å²) in [6, 6.07) is 15.1. The van der Waals surface area contributed by atoms with Crippen molar-refractivity contribution < 1.29 is 0 Å². The Hall–Kier alpha value is -1.26. The number of fused-ring (bicyclic) bond motifs is 1. The third-order valence-electron chi connectivity index (χ3n) is 3.45. The molecule has 2 rings (SSSR count). The zero-order valence-corrected chi connectivity index (χ0v) is 14.2. The van der Waals surface area contributed by atoms with Crippen molar-refractivity contribution in [3.63, 3.8) is 0 Å².